The Labute approximate surface area is 125 Å². The molecule has 0 saturated carbocycles. The zero-order valence-corrected chi connectivity index (χ0v) is 12.1. The Morgan fingerprint density at radius 2 is 2.05 bits per heavy atom. The molecule has 3 rings (SSSR count). The van der Waals surface area contributed by atoms with E-state index in [0.717, 1.165) is 24.8 Å². The van der Waals surface area contributed by atoms with Crippen LogP contribution in [0.4, 0.5) is 5.69 Å². The van der Waals surface area contributed by atoms with Crippen molar-refractivity contribution in [3.05, 3.63) is 45.4 Å². The summed E-state index contributed by atoms with van der Waals surface area (Å²) in [4.78, 5) is 28.7. The van der Waals surface area contributed by atoms with E-state index in [4.69, 9.17) is 5.11 Å². The van der Waals surface area contributed by atoms with Gasteiger partial charge < -0.3 is 10.4 Å². The van der Waals surface area contributed by atoms with E-state index in [-0.39, 0.29) is 17.2 Å². The second-order valence-corrected chi connectivity index (χ2v) is 5.90. The number of carboxylic acids is 1. The highest BCUT2D eigenvalue weighted by atomic mass is 32.1. The van der Waals surface area contributed by atoms with Gasteiger partial charge in [0.05, 0.1) is 23.0 Å². The lowest BCUT2D eigenvalue weighted by Crippen LogP contribution is -2.16. The van der Waals surface area contributed by atoms with Gasteiger partial charge in [-0.25, -0.2) is 4.79 Å². The minimum atomic E-state index is -1.08. The minimum absolute atomic E-state index is 0.0439. The van der Waals surface area contributed by atoms with Crippen LogP contribution in [0.15, 0.2) is 23.8 Å². The van der Waals surface area contributed by atoms with Gasteiger partial charge in [0.1, 0.15) is 0 Å². The molecule has 0 saturated heterocycles. The monoisotopic (exact) mass is 302 g/mol. The fourth-order valence-electron chi connectivity index (χ4n) is 2.55. The Hall–Kier alpha value is -2.21. The van der Waals surface area contributed by atoms with E-state index in [1.807, 2.05) is 5.38 Å². The van der Waals surface area contributed by atoms with Crippen molar-refractivity contribution in [3.63, 3.8) is 0 Å². The summed E-state index contributed by atoms with van der Waals surface area (Å²) in [5.74, 6) is -1.34. The van der Waals surface area contributed by atoms with Crippen LogP contribution in [0.1, 0.15) is 44.0 Å². The first-order valence-corrected chi connectivity index (χ1v) is 7.62. The van der Waals surface area contributed by atoms with Crippen LogP contribution in [0, 0.1) is 0 Å². The van der Waals surface area contributed by atoms with Gasteiger partial charge in [0.15, 0.2) is 0 Å². The molecule has 0 atom stereocenters. The highest BCUT2D eigenvalue weighted by Gasteiger charge is 2.21. The molecule has 0 aliphatic heterocycles. The molecule has 2 N–H and O–H groups in total. The van der Waals surface area contributed by atoms with Crippen molar-refractivity contribution >= 4 is 28.9 Å². The van der Waals surface area contributed by atoms with E-state index in [2.05, 4.69) is 10.3 Å². The fourth-order valence-corrected chi connectivity index (χ4v) is 3.68. The average Bonchev–Trinajstić information content (AvgIpc) is 2.91. The molecule has 0 radical (unpaired) electrons. The molecule has 1 amide bonds. The molecule has 2 aromatic rings. The van der Waals surface area contributed by atoms with Crippen LogP contribution in [0.3, 0.4) is 0 Å². The zero-order chi connectivity index (χ0) is 14.8. The highest BCUT2D eigenvalue weighted by Crippen LogP contribution is 2.30. The number of aromatic carboxylic acids is 1. The molecule has 1 aliphatic rings. The molecule has 108 valence electrons. The Balaban J connectivity index is 1.87. The van der Waals surface area contributed by atoms with E-state index in [9.17, 15) is 9.59 Å². The number of anilines is 1. The molecule has 0 unspecified atom stereocenters. The number of aryl methyl sites for hydroxylation is 1. The van der Waals surface area contributed by atoms with Gasteiger partial charge in [0, 0.05) is 16.5 Å². The van der Waals surface area contributed by atoms with Crippen LogP contribution >= 0.6 is 11.3 Å². The molecular weight excluding hydrogens is 288 g/mol. The predicted molar refractivity (Wildman–Crippen MR) is 80.1 cm³/mol. The highest BCUT2D eigenvalue weighted by molar-refractivity contribution is 7.10. The van der Waals surface area contributed by atoms with E-state index in [0.29, 0.717) is 5.56 Å². The maximum atomic E-state index is 12.4. The number of hydrogen-bond acceptors (Lipinski definition) is 4. The molecule has 0 spiro atoms. The van der Waals surface area contributed by atoms with Crippen molar-refractivity contribution in [1.29, 1.82) is 0 Å². The molecule has 0 fully saturated rings. The summed E-state index contributed by atoms with van der Waals surface area (Å²) in [5.41, 5.74) is 2.05. The standard InChI is InChI=1S/C15H14N2O3S/c18-14(11-8-21-13-4-2-1-3-9(11)13)17-12-7-16-6-5-10(12)15(19)20/h5-8H,1-4H2,(H,17,18)(H,19,20). The zero-order valence-electron chi connectivity index (χ0n) is 11.3. The van der Waals surface area contributed by atoms with Gasteiger partial charge in [0.2, 0.25) is 0 Å². The van der Waals surface area contributed by atoms with Crippen molar-refractivity contribution in [2.45, 2.75) is 25.7 Å². The molecule has 0 aromatic carbocycles. The van der Waals surface area contributed by atoms with Crippen molar-refractivity contribution in [2.24, 2.45) is 0 Å². The predicted octanol–water partition coefficient (Wildman–Crippen LogP) is 2.97. The van der Waals surface area contributed by atoms with Crippen molar-refractivity contribution in [2.75, 3.05) is 5.32 Å². The minimum Gasteiger partial charge on any atom is -0.478 e. The maximum absolute atomic E-state index is 12.4. The quantitative estimate of drug-likeness (QED) is 0.913. The number of carbonyl (C=O) groups excluding carboxylic acids is 1. The van der Waals surface area contributed by atoms with E-state index < -0.39 is 5.97 Å². The Morgan fingerprint density at radius 3 is 2.86 bits per heavy atom. The number of aromatic nitrogens is 1. The number of pyridine rings is 1. The number of rotatable bonds is 3. The lowest BCUT2D eigenvalue weighted by atomic mass is 9.95. The first-order valence-electron chi connectivity index (χ1n) is 6.74. The number of amides is 1. The van der Waals surface area contributed by atoms with E-state index in [1.54, 1.807) is 11.3 Å². The third-order valence-corrected chi connectivity index (χ3v) is 4.69. The number of fused-ring (bicyclic) bond motifs is 1. The van der Waals surface area contributed by atoms with Crippen molar-refractivity contribution in [1.82, 2.24) is 4.98 Å². The Morgan fingerprint density at radius 1 is 1.24 bits per heavy atom. The average molecular weight is 302 g/mol. The smallest absolute Gasteiger partial charge is 0.337 e. The summed E-state index contributed by atoms with van der Waals surface area (Å²) in [6.45, 7) is 0. The summed E-state index contributed by atoms with van der Waals surface area (Å²) in [6.07, 6.45) is 6.96. The third-order valence-electron chi connectivity index (χ3n) is 3.61. The van der Waals surface area contributed by atoms with Gasteiger partial charge in [-0.3, -0.25) is 9.78 Å². The molecular formula is C15H14N2O3S. The Bertz CT molecular complexity index is 709. The van der Waals surface area contributed by atoms with Gasteiger partial charge >= 0.3 is 5.97 Å². The molecule has 2 heterocycles. The first kappa shape index (κ1) is 13.8. The van der Waals surface area contributed by atoms with Crippen molar-refractivity contribution in [3.8, 4) is 0 Å². The molecule has 5 nitrogen and oxygen atoms in total. The Kier molecular flexibility index (Phi) is 3.70. The summed E-state index contributed by atoms with van der Waals surface area (Å²) >= 11 is 1.61. The molecule has 0 bridgehead atoms. The lowest BCUT2D eigenvalue weighted by molar-refractivity contribution is 0.0698. The molecule has 6 heteroatoms. The van der Waals surface area contributed by atoms with Gasteiger partial charge in [-0.15, -0.1) is 11.3 Å². The lowest BCUT2D eigenvalue weighted by Gasteiger charge is -2.13. The fraction of sp³-hybridized carbons (Fsp3) is 0.267. The van der Waals surface area contributed by atoms with Crippen LogP contribution in [-0.2, 0) is 12.8 Å². The molecule has 21 heavy (non-hydrogen) atoms. The summed E-state index contributed by atoms with van der Waals surface area (Å²) in [7, 11) is 0. The van der Waals surface area contributed by atoms with E-state index in [1.165, 1.54) is 29.8 Å². The van der Waals surface area contributed by atoms with Crippen LogP contribution in [0.5, 0.6) is 0 Å². The number of hydrogen-bond donors (Lipinski definition) is 2. The van der Waals surface area contributed by atoms with Gasteiger partial charge in [-0.05, 0) is 37.3 Å². The number of nitrogens with one attached hydrogen (secondary N) is 1. The number of nitrogens with zero attached hydrogens (tertiary/aromatic N) is 1. The van der Waals surface area contributed by atoms with Gasteiger partial charge in [0.25, 0.3) is 5.91 Å². The van der Waals surface area contributed by atoms with Gasteiger partial charge in [-0.2, -0.15) is 0 Å². The largest absolute Gasteiger partial charge is 0.478 e. The first-order chi connectivity index (χ1) is 10.2. The number of carboxylic acid groups (broad SMARTS) is 1. The second kappa shape index (κ2) is 5.65. The van der Waals surface area contributed by atoms with E-state index >= 15 is 0 Å². The van der Waals surface area contributed by atoms with Crippen LogP contribution in [-0.4, -0.2) is 22.0 Å². The SMILES string of the molecule is O=C(O)c1ccncc1NC(=O)c1csc2c1CCCC2. The second-order valence-electron chi connectivity index (χ2n) is 4.94. The van der Waals surface area contributed by atoms with Crippen LogP contribution in [0.25, 0.3) is 0 Å². The van der Waals surface area contributed by atoms with Crippen LogP contribution in [0.2, 0.25) is 0 Å². The molecule has 1 aliphatic carbocycles. The van der Waals surface area contributed by atoms with Crippen molar-refractivity contribution < 1.29 is 14.7 Å². The number of thiophene rings is 1. The normalized spacial score (nSPS) is 13.5. The summed E-state index contributed by atoms with van der Waals surface area (Å²) in [5, 5.41) is 13.7. The summed E-state index contributed by atoms with van der Waals surface area (Å²) in [6, 6.07) is 1.38. The summed E-state index contributed by atoms with van der Waals surface area (Å²) < 4.78 is 0. The van der Waals surface area contributed by atoms with Crippen LogP contribution < -0.4 is 5.32 Å². The van der Waals surface area contributed by atoms with Gasteiger partial charge in [-0.1, -0.05) is 0 Å². The third kappa shape index (κ3) is 2.67. The topological polar surface area (TPSA) is 79.3 Å². The molecule has 2 aromatic heterocycles. The number of carbonyl (C=O) groups is 2. The maximum Gasteiger partial charge on any atom is 0.337 e.